The largest absolute Gasteiger partial charge is 0.460 e. The molecular formula is C16H21NO3. The number of benzene rings is 1. The number of carbonyl (C=O) groups excluding carboxylic acids is 2. The first-order chi connectivity index (χ1) is 9.37. The van der Waals surface area contributed by atoms with Gasteiger partial charge in [-0.1, -0.05) is 24.3 Å². The number of ether oxygens (including phenoxy) is 1. The van der Waals surface area contributed by atoms with E-state index in [-0.39, 0.29) is 18.3 Å². The number of carbonyl (C=O) groups is 2. The van der Waals surface area contributed by atoms with Crippen LogP contribution >= 0.6 is 0 Å². The quantitative estimate of drug-likeness (QED) is 0.842. The van der Waals surface area contributed by atoms with Gasteiger partial charge in [0.15, 0.2) is 0 Å². The number of hydrogen-bond donors (Lipinski definition) is 1. The topological polar surface area (TPSA) is 55.4 Å². The average molecular weight is 275 g/mol. The van der Waals surface area contributed by atoms with Crippen LogP contribution in [0.5, 0.6) is 0 Å². The lowest BCUT2D eigenvalue weighted by Crippen LogP contribution is -2.31. The molecule has 4 nitrogen and oxygen atoms in total. The van der Waals surface area contributed by atoms with Gasteiger partial charge in [0.05, 0.1) is 12.3 Å². The summed E-state index contributed by atoms with van der Waals surface area (Å²) in [5, 5.41) is 2.86. The van der Waals surface area contributed by atoms with Gasteiger partial charge < -0.3 is 10.1 Å². The van der Waals surface area contributed by atoms with Crippen LogP contribution in [0.15, 0.2) is 24.3 Å². The van der Waals surface area contributed by atoms with Crippen LogP contribution in [0.3, 0.4) is 0 Å². The number of fused-ring (bicyclic) bond motifs is 1. The molecule has 4 heteroatoms. The zero-order chi connectivity index (χ0) is 14.8. The molecule has 108 valence electrons. The molecule has 1 aromatic rings. The number of rotatable bonds is 2. The van der Waals surface area contributed by atoms with Crippen molar-refractivity contribution in [2.75, 3.05) is 6.54 Å². The van der Waals surface area contributed by atoms with E-state index < -0.39 is 11.5 Å². The molecule has 0 saturated heterocycles. The first-order valence-corrected chi connectivity index (χ1v) is 6.94. The van der Waals surface area contributed by atoms with Gasteiger partial charge in [-0.2, -0.15) is 0 Å². The Morgan fingerprint density at radius 3 is 2.75 bits per heavy atom. The molecular weight excluding hydrogens is 254 g/mol. The van der Waals surface area contributed by atoms with Crippen molar-refractivity contribution in [3.8, 4) is 0 Å². The monoisotopic (exact) mass is 275 g/mol. The summed E-state index contributed by atoms with van der Waals surface area (Å²) in [4.78, 5) is 24.2. The molecule has 0 bridgehead atoms. The third-order valence-corrected chi connectivity index (χ3v) is 3.23. The van der Waals surface area contributed by atoms with Gasteiger partial charge >= 0.3 is 5.97 Å². The van der Waals surface area contributed by atoms with Gasteiger partial charge in [0.25, 0.3) is 0 Å². The number of esters is 1. The van der Waals surface area contributed by atoms with Crippen LogP contribution in [0, 0.1) is 0 Å². The number of amides is 1. The molecule has 0 fully saturated rings. The second-order valence-corrected chi connectivity index (χ2v) is 6.08. The second-order valence-electron chi connectivity index (χ2n) is 6.08. The molecule has 1 atom stereocenters. The maximum atomic E-state index is 12.2. The van der Waals surface area contributed by atoms with Gasteiger partial charge in [0.1, 0.15) is 5.60 Å². The van der Waals surface area contributed by atoms with Crippen molar-refractivity contribution < 1.29 is 14.3 Å². The van der Waals surface area contributed by atoms with Crippen LogP contribution in [-0.4, -0.2) is 24.0 Å². The Morgan fingerprint density at radius 1 is 1.35 bits per heavy atom. The van der Waals surface area contributed by atoms with Gasteiger partial charge in [-0.15, -0.1) is 0 Å². The van der Waals surface area contributed by atoms with E-state index in [1.807, 2.05) is 45.0 Å². The van der Waals surface area contributed by atoms with Crippen LogP contribution in [0.4, 0.5) is 0 Å². The predicted molar refractivity (Wildman–Crippen MR) is 76.4 cm³/mol. The van der Waals surface area contributed by atoms with Crippen molar-refractivity contribution in [1.82, 2.24) is 5.32 Å². The molecule has 1 heterocycles. The SMILES string of the molecule is CC(C)(C)OC(=O)CC1C(=O)NCCc2ccccc21. The summed E-state index contributed by atoms with van der Waals surface area (Å²) in [6.45, 7) is 6.09. The molecule has 0 aromatic heterocycles. The van der Waals surface area contributed by atoms with E-state index in [1.165, 1.54) is 0 Å². The molecule has 1 N–H and O–H groups in total. The van der Waals surface area contributed by atoms with Gasteiger partial charge in [-0.3, -0.25) is 9.59 Å². The smallest absolute Gasteiger partial charge is 0.307 e. The first kappa shape index (κ1) is 14.6. The Balaban J connectivity index is 2.21. The zero-order valence-corrected chi connectivity index (χ0v) is 12.2. The molecule has 2 rings (SSSR count). The highest BCUT2D eigenvalue weighted by Crippen LogP contribution is 2.27. The maximum Gasteiger partial charge on any atom is 0.307 e. The summed E-state index contributed by atoms with van der Waals surface area (Å²) in [5.74, 6) is -0.890. The fraction of sp³-hybridized carbons (Fsp3) is 0.500. The van der Waals surface area contributed by atoms with Gasteiger partial charge in [0.2, 0.25) is 5.91 Å². The summed E-state index contributed by atoms with van der Waals surface area (Å²) in [6, 6.07) is 7.80. The normalized spacial score (nSPS) is 18.8. The van der Waals surface area contributed by atoms with Crippen molar-refractivity contribution in [2.45, 2.75) is 45.1 Å². The summed E-state index contributed by atoms with van der Waals surface area (Å²) >= 11 is 0. The van der Waals surface area contributed by atoms with E-state index in [4.69, 9.17) is 4.74 Å². The summed E-state index contributed by atoms with van der Waals surface area (Å²) in [6.07, 6.45) is 0.882. The second kappa shape index (κ2) is 5.65. The lowest BCUT2D eigenvalue weighted by Gasteiger charge is -2.22. The van der Waals surface area contributed by atoms with Gasteiger partial charge in [-0.05, 0) is 38.3 Å². The fourth-order valence-electron chi connectivity index (χ4n) is 2.44. The van der Waals surface area contributed by atoms with E-state index in [0.29, 0.717) is 6.54 Å². The molecule has 0 spiro atoms. The summed E-state index contributed by atoms with van der Waals surface area (Å²) in [7, 11) is 0. The third kappa shape index (κ3) is 3.59. The minimum atomic E-state index is -0.530. The molecule has 20 heavy (non-hydrogen) atoms. The number of nitrogens with one attached hydrogen (secondary N) is 1. The van der Waals surface area contributed by atoms with E-state index in [9.17, 15) is 9.59 Å². The highest BCUT2D eigenvalue weighted by atomic mass is 16.6. The maximum absolute atomic E-state index is 12.2. The lowest BCUT2D eigenvalue weighted by molar-refractivity contribution is -0.156. The highest BCUT2D eigenvalue weighted by Gasteiger charge is 2.29. The minimum Gasteiger partial charge on any atom is -0.460 e. The molecule has 0 saturated carbocycles. The standard InChI is InChI=1S/C16H21NO3/c1-16(2,3)20-14(18)10-13-12-7-5-4-6-11(12)8-9-17-15(13)19/h4-7,13H,8-10H2,1-3H3,(H,17,19). The molecule has 0 aliphatic carbocycles. The van der Waals surface area contributed by atoms with Crippen molar-refractivity contribution in [2.24, 2.45) is 0 Å². The van der Waals surface area contributed by atoms with Crippen LogP contribution in [0.25, 0.3) is 0 Å². The molecule has 1 unspecified atom stereocenters. The van der Waals surface area contributed by atoms with Crippen LogP contribution < -0.4 is 5.32 Å². The molecule has 1 aromatic carbocycles. The van der Waals surface area contributed by atoms with E-state index in [0.717, 1.165) is 17.5 Å². The fourth-order valence-corrected chi connectivity index (χ4v) is 2.44. The Bertz CT molecular complexity index is 517. The van der Waals surface area contributed by atoms with Gasteiger partial charge in [0, 0.05) is 6.54 Å². The lowest BCUT2D eigenvalue weighted by atomic mass is 9.91. The minimum absolute atomic E-state index is 0.0834. The number of hydrogen-bond acceptors (Lipinski definition) is 3. The Hall–Kier alpha value is -1.84. The third-order valence-electron chi connectivity index (χ3n) is 3.23. The van der Waals surface area contributed by atoms with Crippen molar-refractivity contribution in [3.05, 3.63) is 35.4 Å². The Labute approximate surface area is 119 Å². The summed E-state index contributed by atoms with van der Waals surface area (Å²) in [5.41, 5.74) is 1.53. The molecule has 1 aliphatic rings. The zero-order valence-electron chi connectivity index (χ0n) is 12.2. The molecule has 1 aliphatic heterocycles. The first-order valence-electron chi connectivity index (χ1n) is 6.94. The Morgan fingerprint density at radius 2 is 2.05 bits per heavy atom. The van der Waals surface area contributed by atoms with Gasteiger partial charge in [-0.25, -0.2) is 0 Å². The summed E-state index contributed by atoms with van der Waals surface area (Å²) < 4.78 is 5.33. The van der Waals surface area contributed by atoms with Crippen LogP contribution in [0.1, 0.15) is 44.2 Å². The van der Waals surface area contributed by atoms with Crippen molar-refractivity contribution in [1.29, 1.82) is 0 Å². The van der Waals surface area contributed by atoms with Crippen molar-refractivity contribution in [3.63, 3.8) is 0 Å². The average Bonchev–Trinajstić information content (AvgIpc) is 2.48. The molecule has 0 radical (unpaired) electrons. The van der Waals surface area contributed by atoms with E-state index in [1.54, 1.807) is 0 Å². The molecule has 1 amide bonds. The van der Waals surface area contributed by atoms with Crippen LogP contribution in [-0.2, 0) is 20.7 Å². The van der Waals surface area contributed by atoms with E-state index in [2.05, 4.69) is 5.32 Å². The highest BCUT2D eigenvalue weighted by molar-refractivity contribution is 5.89. The van der Waals surface area contributed by atoms with Crippen molar-refractivity contribution >= 4 is 11.9 Å². The van der Waals surface area contributed by atoms with E-state index >= 15 is 0 Å². The Kier molecular flexibility index (Phi) is 4.12. The van der Waals surface area contributed by atoms with Crippen LogP contribution in [0.2, 0.25) is 0 Å². The predicted octanol–water partition coefficient (Wildman–Crippen LogP) is 2.17.